The fourth-order valence-electron chi connectivity index (χ4n) is 3.28. The molecule has 1 heterocycles. The molecule has 19 heavy (non-hydrogen) atoms. The van der Waals surface area contributed by atoms with Gasteiger partial charge in [0, 0.05) is 11.4 Å². The van der Waals surface area contributed by atoms with Crippen molar-refractivity contribution in [2.75, 3.05) is 13.3 Å². The molecule has 1 aromatic rings. The van der Waals surface area contributed by atoms with E-state index in [1.807, 2.05) is 16.8 Å². The van der Waals surface area contributed by atoms with Gasteiger partial charge in [-0.15, -0.1) is 11.3 Å². The van der Waals surface area contributed by atoms with Crippen LogP contribution >= 0.6 is 11.3 Å². The number of aryl methyl sites for hydroxylation is 1. The Kier molecular flexibility index (Phi) is 5.79. The Morgan fingerprint density at radius 2 is 2.21 bits per heavy atom. The number of hydrogen-bond donors (Lipinski definition) is 2. The molecule has 2 N–H and O–H groups in total. The average Bonchev–Trinajstić information content (AvgIpc) is 2.80. The summed E-state index contributed by atoms with van der Waals surface area (Å²) in [5, 5.41) is 11.9. The van der Waals surface area contributed by atoms with Crippen LogP contribution in [0.5, 0.6) is 0 Å². The highest BCUT2D eigenvalue weighted by molar-refractivity contribution is 7.09. The molecule has 0 radical (unpaired) electrons. The van der Waals surface area contributed by atoms with Crippen molar-refractivity contribution in [3.8, 4) is 0 Å². The molecule has 2 rings (SSSR count). The molecule has 3 unspecified atom stereocenters. The van der Waals surface area contributed by atoms with Crippen LogP contribution in [0.4, 0.5) is 0 Å². The van der Waals surface area contributed by atoms with E-state index < -0.39 is 0 Å². The van der Waals surface area contributed by atoms with Gasteiger partial charge in [0.05, 0.1) is 17.9 Å². The second-order valence-electron chi connectivity index (χ2n) is 5.87. The maximum Gasteiger partial charge on any atom is 0.0931 e. The van der Waals surface area contributed by atoms with Gasteiger partial charge in [-0.05, 0) is 50.4 Å². The Morgan fingerprint density at radius 1 is 1.37 bits per heavy atom. The van der Waals surface area contributed by atoms with Crippen molar-refractivity contribution in [1.82, 2.24) is 10.3 Å². The molecule has 0 spiro atoms. The number of nitrogens with zero attached hydrogens (tertiary/aromatic N) is 1. The van der Waals surface area contributed by atoms with Crippen LogP contribution < -0.4 is 5.32 Å². The van der Waals surface area contributed by atoms with E-state index in [0.717, 1.165) is 18.4 Å². The molecule has 1 aliphatic rings. The summed E-state index contributed by atoms with van der Waals surface area (Å²) in [7, 11) is 0. The third-order valence-electron chi connectivity index (χ3n) is 4.51. The second kappa shape index (κ2) is 7.36. The van der Waals surface area contributed by atoms with E-state index in [4.69, 9.17) is 5.11 Å². The van der Waals surface area contributed by atoms with Gasteiger partial charge >= 0.3 is 0 Å². The van der Waals surface area contributed by atoms with Crippen LogP contribution in [0.3, 0.4) is 0 Å². The van der Waals surface area contributed by atoms with Crippen molar-refractivity contribution >= 4 is 11.3 Å². The number of rotatable bonds is 4. The zero-order valence-electron chi connectivity index (χ0n) is 12.1. The first-order valence-corrected chi connectivity index (χ1v) is 8.32. The van der Waals surface area contributed by atoms with Crippen LogP contribution in [-0.4, -0.2) is 23.4 Å². The highest BCUT2D eigenvalue weighted by Gasteiger charge is 2.25. The maximum atomic E-state index is 8.86. The maximum absolute atomic E-state index is 8.86. The van der Waals surface area contributed by atoms with E-state index in [0.29, 0.717) is 5.92 Å². The summed E-state index contributed by atoms with van der Waals surface area (Å²) in [6.45, 7) is 5.61. The molecule has 1 saturated carbocycles. The molecular weight excluding hydrogens is 256 g/mol. The lowest BCUT2D eigenvalue weighted by Gasteiger charge is -2.29. The Morgan fingerprint density at radius 3 is 2.89 bits per heavy atom. The van der Waals surface area contributed by atoms with E-state index in [1.54, 1.807) is 0 Å². The normalized spacial score (nSPS) is 28.9. The van der Waals surface area contributed by atoms with Gasteiger partial charge in [-0.3, -0.25) is 5.32 Å². The van der Waals surface area contributed by atoms with E-state index in [9.17, 15) is 0 Å². The topological polar surface area (TPSA) is 45.2 Å². The third kappa shape index (κ3) is 4.01. The predicted octanol–water partition coefficient (Wildman–Crippen LogP) is 3.29. The molecule has 0 aromatic carbocycles. The van der Waals surface area contributed by atoms with Gasteiger partial charge in [-0.25, -0.2) is 4.98 Å². The number of thiazole rings is 1. The van der Waals surface area contributed by atoms with E-state index in [2.05, 4.69) is 24.1 Å². The first-order chi connectivity index (χ1) is 9.22. The summed E-state index contributed by atoms with van der Waals surface area (Å²) in [6, 6.07) is 0. The monoisotopic (exact) mass is 282 g/mol. The molecule has 3 atom stereocenters. The van der Waals surface area contributed by atoms with Crippen LogP contribution in [-0.2, 0) is 0 Å². The van der Waals surface area contributed by atoms with Crippen LogP contribution in [0.25, 0.3) is 0 Å². The van der Waals surface area contributed by atoms with E-state index >= 15 is 0 Å². The summed E-state index contributed by atoms with van der Waals surface area (Å²) in [4.78, 5) is 5.93. The smallest absolute Gasteiger partial charge is 0.0931 e. The molecule has 0 bridgehead atoms. The van der Waals surface area contributed by atoms with Gasteiger partial charge in [0.1, 0.15) is 0 Å². The summed E-state index contributed by atoms with van der Waals surface area (Å²) < 4.78 is 0. The Bertz CT molecular complexity index is 380. The lowest BCUT2D eigenvalue weighted by Crippen LogP contribution is -2.26. The van der Waals surface area contributed by atoms with Crippen molar-refractivity contribution in [3.05, 3.63) is 16.1 Å². The van der Waals surface area contributed by atoms with Crippen LogP contribution in [0.15, 0.2) is 5.51 Å². The first-order valence-electron chi connectivity index (χ1n) is 7.44. The first kappa shape index (κ1) is 14.9. The van der Waals surface area contributed by atoms with Gasteiger partial charge in [0.25, 0.3) is 0 Å². The van der Waals surface area contributed by atoms with Crippen molar-refractivity contribution in [1.29, 1.82) is 0 Å². The largest absolute Gasteiger partial charge is 0.381 e. The molecule has 4 heteroatoms. The van der Waals surface area contributed by atoms with Crippen molar-refractivity contribution in [2.45, 2.75) is 51.9 Å². The Labute approximate surface area is 120 Å². The van der Waals surface area contributed by atoms with E-state index in [-0.39, 0.29) is 6.73 Å². The van der Waals surface area contributed by atoms with Crippen LogP contribution in [0.1, 0.15) is 55.5 Å². The SMILES string of the molecule is Cc1ncsc1C1CCCC(CNCO)CCC1C. The number of nitrogens with one attached hydrogen (secondary N) is 1. The second-order valence-corrected chi connectivity index (χ2v) is 6.76. The minimum absolute atomic E-state index is 0.106. The molecule has 108 valence electrons. The minimum Gasteiger partial charge on any atom is -0.381 e. The lowest BCUT2D eigenvalue weighted by atomic mass is 9.78. The number of aromatic nitrogens is 1. The fourth-order valence-corrected chi connectivity index (χ4v) is 4.36. The number of aliphatic hydroxyl groups is 1. The highest BCUT2D eigenvalue weighted by atomic mass is 32.1. The summed E-state index contributed by atoms with van der Waals surface area (Å²) in [6.07, 6.45) is 6.44. The standard InChI is InChI=1S/C15H26N2OS/c1-11-6-7-13(8-16-9-18)4-3-5-14(11)15-12(2)17-10-19-15/h10-11,13-14,16,18H,3-9H2,1-2H3. The van der Waals surface area contributed by atoms with Gasteiger partial charge < -0.3 is 5.11 Å². The molecule has 0 amide bonds. The van der Waals surface area contributed by atoms with Crippen molar-refractivity contribution in [3.63, 3.8) is 0 Å². The van der Waals surface area contributed by atoms with Crippen molar-refractivity contribution < 1.29 is 5.11 Å². The fraction of sp³-hybridized carbons (Fsp3) is 0.800. The van der Waals surface area contributed by atoms with Crippen LogP contribution in [0.2, 0.25) is 0 Å². The molecule has 1 fully saturated rings. The minimum atomic E-state index is 0.106. The Hall–Kier alpha value is -0.450. The molecule has 0 saturated heterocycles. The quantitative estimate of drug-likeness (QED) is 0.833. The Balaban J connectivity index is 1.94. The zero-order chi connectivity index (χ0) is 13.7. The molecular formula is C15H26N2OS. The van der Waals surface area contributed by atoms with Gasteiger partial charge in [-0.1, -0.05) is 13.3 Å². The van der Waals surface area contributed by atoms with Crippen molar-refractivity contribution in [2.24, 2.45) is 11.8 Å². The van der Waals surface area contributed by atoms with Gasteiger partial charge in [0.2, 0.25) is 0 Å². The molecule has 3 nitrogen and oxygen atoms in total. The third-order valence-corrected chi connectivity index (χ3v) is 5.57. The average molecular weight is 282 g/mol. The predicted molar refractivity (Wildman–Crippen MR) is 80.4 cm³/mol. The summed E-state index contributed by atoms with van der Waals surface area (Å²) in [5.74, 6) is 2.19. The van der Waals surface area contributed by atoms with E-state index in [1.165, 1.54) is 42.7 Å². The molecule has 0 aliphatic heterocycles. The van der Waals surface area contributed by atoms with Gasteiger partial charge in [-0.2, -0.15) is 0 Å². The lowest BCUT2D eigenvalue weighted by molar-refractivity contribution is 0.231. The summed E-state index contributed by atoms with van der Waals surface area (Å²) >= 11 is 1.83. The number of aliphatic hydroxyl groups excluding tert-OH is 1. The highest BCUT2D eigenvalue weighted by Crippen LogP contribution is 2.39. The van der Waals surface area contributed by atoms with Crippen LogP contribution in [0, 0.1) is 18.8 Å². The number of hydrogen-bond acceptors (Lipinski definition) is 4. The summed E-state index contributed by atoms with van der Waals surface area (Å²) in [5.41, 5.74) is 3.23. The zero-order valence-corrected chi connectivity index (χ0v) is 12.9. The molecule has 1 aromatic heterocycles. The van der Waals surface area contributed by atoms with Gasteiger partial charge in [0.15, 0.2) is 0 Å². The molecule has 1 aliphatic carbocycles.